The predicted molar refractivity (Wildman–Crippen MR) is 159 cm³/mol. The number of pyridine rings is 1. The number of hydrogen-bond acceptors (Lipinski definition) is 4. The summed E-state index contributed by atoms with van der Waals surface area (Å²) in [6.07, 6.45) is 9.99. The average molecular weight is 556 g/mol. The monoisotopic (exact) mass is 555 g/mol. The number of terminal acetylenes is 1. The zero-order chi connectivity index (χ0) is 28.0. The molecule has 1 aliphatic heterocycles. The molecule has 40 heavy (non-hydrogen) atoms. The summed E-state index contributed by atoms with van der Waals surface area (Å²) >= 11 is 0. The van der Waals surface area contributed by atoms with E-state index in [9.17, 15) is 17.1 Å². The molecule has 0 unspecified atom stereocenters. The molecule has 2 N–H and O–H groups in total. The van der Waals surface area contributed by atoms with Crippen molar-refractivity contribution in [2.75, 3.05) is 13.1 Å². The van der Waals surface area contributed by atoms with E-state index in [-0.39, 0.29) is 16.4 Å². The number of aromatic nitrogens is 2. The van der Waals surface area contributed by atoms with Gasteiger partial charge in [-0.25, -0.2) is 0 Å². The highest BCUT2D eigenvalue weighted by molar-refractivity contribution is 7.86. The van der Waals surface area contributed by atoms with Crippen molar-refractivity contribution >= 4 is 43.1 Å². The van der Waals surface area contributed by atoms with Crippen LogP contribution in [0.25, 0.3) is 44.0 Å². The van der Waals surface area contributed by atoms with Gasteiger partial charge in [0.25, 0.3) is 0 Å². The standard InChI is InChI=1S/C32H30FN3O3S/c1-3-5-7-22-18-27-29(19-26(22)21-8-6-9-24(17-21)40(33,38)39)36(23-12-14-34-15-13-23)32-30(31(27)37)25-11-10-20(4-2)16-28(25)35-32/h2,6,8-11,16-19,23,34-35H,3,5,7,12-15H2,1H3. The first-order valence-electron chi connectivity index (χ1n) is 13.7. The highest BCUT2D eigenvalue weighted by Gasteiger charge is 2.24. The van der Waals surface area contributed by atoms with E-state index in [4.69, 9.17) is 6.42 Å². The van der Waals surface area contributed by atoms with Gasteiger partial charge in [-0.1, -0.05) is 37.5 Å². The van der Waals surface area contributed by atoms with Gasteiger partial charge in [0.2, 0.25) is 0 Å². The zero-order valence-electron chi connectivity index (χ0n) is 22.3. The molecule has 0 amide bonds. The first kappa shape index (κ1) is 26.3. The maximum atomic E-state index is 14.2. The minimum atomic E-state index is -4.87. The number of nitrogens with one attached hydrogen (secondary N) is 2. The van der Waals surface area contributed by atoms with Gasteiger partial charge in [0.1, 0.15) is 5.65 Å². The largest absolute Gasteiger partial charge is 0.340 e. The summed E-state index contributed by atoms with van der Waals surface area (Å²) in [6.45, 7) is 3.82. The SMILES string of the molecule is C#Cc1ccc2c(c1)[nH]c1c2c(=O)c2cc(CCCC)c(-c3cccc(S(=O)(=O)F)c3)cc2n1C1CCNCC1. The quantitative estimate of drug-likeness (QED) is 0.193. The van der Waals surface area contributed by atoms with Gasteiger partial charge in [-0.2, -0.15) is 8.42 Å². The van der Waals surface area contributed by atoms with Crippen molar-refractivity contribution in [2.24, 2.45) is 0 Å². The van der Waals surface area contributed by atoms with Crippen molar-refractivity contribution in [3.63, 3.8) is 0 Å². The Kier molecular flexibility index (Phi) is 6.73. The van der Waals surface area contributed by atoms with E-state index in [1.807, 2.05) is 30.3 Å². The number of piperidine rings is 1. The number of aromatic amines is 1. The lowest BCUT2D eigenvalue weighted by Gasteiger charge is -2.28. The second-order valence-electron chi connectivity index (χ2n) is 10.5. The number of benzene rings is 3. The lowest BCUT2D eigenvalue weighted by atomic mass is 9.93. The van der Waals surface area contributed by atoms with Crippen LogP contribution in [0.5, 0.6) is 0 Å². The van der Waals surface area contributed by atoms with Crippen LogP contribution >= 0.6 is 0 Å². The number of hydrogen-bond donors (Lipinski definition) is 2. The fourth-order valence-corrected chi connectivity index (χ4v) is 6.56. The van der Waals surface area contributed by atoms with Crippen LogP contribution in [0.2, 0.25) is 0 Å². The van der Waals surface area contributed by atoms with E-state index in [1.54, 1.807) is 12.1 Å². The van der Waals surface area contributed by atoms with E-state index < -0.39 is 10.2 Å². The lowest BCUT2D eigenvalue weighted by molar-refractivity contribution is 0.381. The number of fused-ring (bicyclic) bond motifs is 4. The molecule has 0 spiro atoms. The number of unbranched alkanes of at least 4 members (excludes halogenated alkanes) is 1. The molecule has 1 saturated heterocycles. The highest BCUT2D eigenvalue weighted by atomic mass is 32.3. The van der Waals surface area contributed by atoms with Gasteiger partial charge in [-0.05, 0) is 91.9 Å². The molecule has 6 rings (SSSR count). The Morgan fingerprint density at radius 1 is 1.07 bits per heavy atom. The van der Waals surface area contributed by atoms with Gasteiger partial charge in [0.05, 0.1) is 15.8 Å². The normalized spacial score (nSPS) is 14.7. The third kappa shape index (κ3) is 4.49. The Balaban J connectivity index is 1.73. The van der Waals surface area contributed by atoms with Crippen LogP contribution < -0.4 is 10.7 Å². The molecule has 5 aromatic rings. The Bertz CT molecular complexity index is 1990. The second kappa shape index (κ2) is 10.2. The van der Waals surface area contributed by atoms with Crippen molar-refractivity contribution in [3.8, 4) is 23.5 Å². The Morgan fingerprint density at radius 3 is 2.60 bits per heavy atom. The maximum absolute atomic E-state index is 14.2. The maximum Gasteiger partial charge on any atom is 0.332 e. The van der Waals surface area contributed by atoms with Gasteiger partial charge in [-0.3, -0.25) is 4.79 Å². The van der Waals surface area contributed by atoms with Crippen molar-refractivity contribution < 1.29 is 12.3 Å². The number of halogens is 1. The van der Waals surface area contributed by atoms with Crippen LogP contribution in [-0.2, 0) is 16.6 Å². The summed E-state index contributed by atoms with van der Waals surface area (Å²) in [5.41, 5.74) is 5.36. The number of H-pyrrole nitrogens is 1. The van der Waals surface area contributed by atoms with Crippen molar-refractivity contribution in [3.05, 3.63) is 75.9 Å². The first-order valence-corrected chi connectivity index (χ1v) is 15.1. The molecule has 0 radical (unpaired) electrons. The molecule has 0 saturated carbocycles. The van der Waals surface area contributed by atoms with Crippen LogP contribution in [0.4, 0.5) is 3.89 Å². The van der Waals surface area contributed by atoms with Crippen LogP contribution in [0.1, 0.15) is 49.8 Å². The minimum absolute atomic E-state index is 0.0562. The third-order valence-electron chi connectivity index (χ3n) is 8.04. The summed E-state index contributed by atoms with van der Waals surface area (Å²) < 4.78 is 39.7. The van der Waals surface area contributed by atoms with Gasteiger partial charge < -0.3 is 14.9 Å². The second-order valence-corrected chi connectivity index (χ2v) is 11.9. The molecule has 2 aromatic heterocycles. The number of rotatable bonds is 6. The molecule has 6 nitrogen and oxygen atoms in total. The van der Waals surface area contributed by atoms with E-state index in [0.29, 0.717) is 22.8 Å². The molecule has 204 valence electrons. The van der Waals surface area contributed by atoms with Crippen LogP contribution in [0, 0.1) is 12.3 Å². The van der Waals surface area contributed by atoms with E-state index >= 15 is 0 Å². The molecular weight excluding hydrogens is 525 g/mol. The van der Waals surface area contributed by atoms with Gasteiger partial charge in [-0.15, -0.1) is 10.3 Å². The summed E-state index contributed by atoms with van der Waals surface area (Å²) in [6, 6.07) is 15.7. The van der Waals surface area contributed by atoms with Gasteiger partial charge in [0.15, 0.2) is 5.43 Å². The van der Waals surface area contributed by atoms with Crippen LogP contribution in [-0.4, -0.2) is 31.1 Å². The topological polar surface area (TPSA) is 84.0 Å². The average Bonchev–Trinajstić information content (AvgIpc) is 3.34. The van der Waals surface area contributed by atoms with Crippen molar-refractivity contribution in [2.45, 2.75) is 50.0 Å². The number of aryl methyl sites for hydroxylation is 1. The Hall–Kier alpha value is -3.93. The van der Waals surface area contributed by atoms with Crippen LogP contribution in [0.3, 0.4) is 0 Å². The lowest BCUT2D eigenvalue weighted by Crippen LogP contribution is -2.30. The molecule has 0 atom stereocenters. The fraction of sp³-hybridized carbons (Fsp3) is 0.281. The first-order chi connectivity index (χ1) is 19.3. The highest BCUT2D eigenvalue weighted by Crippen LogP contribution is 2.36. The summed E-state index contributed by atoms with van der Waals surface area (Å²) in [5, 5.41) is 5.53. The fourth-order valence-electron chi connectivity index (χ4n) is 6.06. The molecule has 8 heteroatoms. The Labute approximate surface area is 232 Å². The molecule has 1 aliphatic rings. The zero-order valence-corrected chi connectivity index (χ0v) is 23.1. The van der Waals surface area contributed by atoms with E-state index in [0.717, 1.165) is 77.5 Å². The van der Waals surface area contributed by atoms with Crippen molar-refractivity contribution in [1.82, 2.24) is 14.9 Å². The van der Waals surface area contributed by atoms with Gasteiger partial charge >= 0.3 is 10.2 Å². The molecule has 0 aliphatic carbocycles. The summed E-state index contributed by atoms with van der Waals surface area (Å²) in [4.78, 5) is 17.3. The molecule has 3 heterocycles. The van der Waals surface area contributed by atoms with Crippen molar-refractivity contribution in [1.29, 1.82) is 0 Å². The molecular formula is C32H30FN3O3S. The number of nitrogens with zero attached hydrogens (tertiary/aromatic N) is 1. The minimum Gasteiger partial charge on any atom is -0.340 e. The molecule has 3 aromatic carbocycles. The molecule has 1 fully saturated rings. The van der Waals surface area contributed by atoms with Crippen LogP contribution in [0.15, 0.2) is 64.3 Å². The summed E-state index contributed by atoms with van der Waals surface area (Å²) in [5.74, 6) is 2.67. The Morgan fingerprint density at radius 2 is 1.88 bits per heavy atom. The summed E-state index contributed by atoms with van der Waals surface area (Å²) in [7, 11) is -4.87. The van der Waals surface area contributed by atoms with E-state index in [1.165, 1.54) is 12.1 Å². The predicted octanol–water partition coefficient (Wildman–Crippen LogP) is 6.21. The smallest absolute Gasteiger partial charge is 0.332 e. The molecule has 0 bridgehead atoms. The third-order valence-corrected chi connectivity index (χ3v) is 8.86. The van der Waals surface area contributed by atoms with E-state index in [2.05, 4.69) is 27.7 Å². The van der Waals surface area contributed by atoms with Gasteiger partial charge in [0, 0.05) is 27.9 Å².